The second kappa shape index (κ2) is 32.7. The summed E-state index contributed by atoms with van der Waals surface area (Å²) >= 11 is 3.29. The first kappa shape index (κ1) is 71.1. The molecular formula is C60H52F8N6O13S4. The molecule has 8 rings (SSSR count). The summed E-state index contributed by atoms with van der Waals surface area (Å²) in [4.78, 5) is 49.6. The minimum Gasteiger partial charge on any atom is -0.478 e. The number of carbonyl (C=O) groups is 2. The van der Waals surface area contributed by atoms with Gasteiger partial charge < -0.3 is 14.6 Å². The number of primary sulfonamides is 1. The second-order valence-electron chi connectivity index (χ2n) is 19.0. The van der Waals surface area contributed by atoms with E-state index in [1.54, 1.807) is 47.8 Å². The molecule has 0 unspecified atom stereocenters. The van der Waals surface area contributed by atoms with Crippen LogP contribution in [-0.4, -0.2) is 90.8 Å². The zero-order valence-corrected chi connectivity index (χ0v) is 50.3. The molecule has 0 radical (unpaired) electrons. The van der Waals surface area contributed by atoms with Crippen LogP contribution in [0.25, 0.3) is 0 Å². The predicted octanol–water partition coefficient (Wildman–Crippen LogP) is 13.0. The third-order valence-corrected chi connectivity index (χ3v) is 16.5. The summed E-state index contributed by atoms with van der Waals surface area (Å²) < 4.78 is 157. The first-order valence-corrected chi connectivity index (χ1v) is 31.3. The first-order chi connectivity index (χ1) is 42.9. The van der Waals surface area contributed by atoms with Crippen LogP contribution < -0.4 is 19.3 Å². The number of thioether (sulfide) groups is 2. The number of carboxylic acids is 1. The number of hydrogen-bond acceptors (Lipinski definition) is 16. The number of nitrogens with one attached hydrogen (secondary N) is 1. The van der Waals surface area contributed by atoms with E-state index >= 15 is 0 Å². The number of nitrogens with zero attached hydrogens (tertiary/aromatic N) is 4. The number of sulfonamides is 2. The summed E-state index contributed by atoms with van der Waals surface area (Å²) in [6.07, 6.45) is -9.68. The number of aromatic carboxylic acids is 1. The molecular weight excluding hydrogens is 1290 g/mol. The quantitative estimate of drug-likeness (QED) is 0.0208. The van der Waals surface area contributed by atoms with Crippen molar-refractivity contribution >= 4 is 66.8 Å². The van der Waals surface area contributed by atoms with Crippen molar-refractivity contribution in [1.82, 2.24) is 14.5 Å². The lowest BCUT2D eigenvalue weighted by Gasteiger charge is -2.22. The van der Waals surface area contributed by atoms with E-state index in [1.807, 2.05) is 70.3 Å². The topological polar surface area (TPSA) is 272 Å². The average molecular weight is 1350 g/mol. The minimum atomic E-state index is -4.92. The smallest absolute Gasteiger partial charge is 0.478 e. The first-order valence-electron chi connectivity index (χ1n) is 26.3. The number of benzene rings is 8. The fourth-order valence-electron chi connectivity index (χ4n) is 8.08. The fraction of sp³-hybridized carbons (Fsp3) is 0.167. The molecule has 31 heteroatoms. The molecule has 0 aliphatic carbocycles. The maximum atomic E-state index is 13.9. The van der Waals surface area contributed by atoms with Crippen LogP contribution in [0.15, 0.2) is 214 Å². The van der Waals surface area contributed by atoms with Crippen LogP contribution in [0.3, 0.4) is 0 Å². The molecule has 19 nitrogen and oxygen atoms in total. The van der Waals surface area contributed by atoms with Crippen LogP contribution in [0.4, 0.5) is 46.5 Å². The van der Waals surface area contributed by atoms with Crippen molar-refractivity contribution in [2.75, 3.05) is 24.6 Å². The molecule has 480 valence electrons. The van der Waals surface area contributed by atoms with Gasteiger partial charge in [-0.3, -0.25) is 34.8 Å². The number of nitro groups is 2. The minimum absolute atomic E-state index is 0.0293. The lowest BCUT2D eigenvalue weighted by molar-refractivity contribution is -0.387. The van der Waals surface area contributed by atoms with Gasteiger partial charge in [0.25, 0.3) is 15.9 Å². The maximum absolute atomic E-state index is 13.9. The van der Waals surface area contributed by atoms with Gasteiger partial charge in [-0.2, -0.15) is 8.78 Å². The van der Waals surface area contributed by atoms with E-state index in [-0.39, 0.29) is 27.5 Å². The number of alkyl halides is 6. The van der Waals surface area contributed by atoms with Crippen LogP contribution in [0.1, 0.15) is 43.0 Å². The second-order valence-corrected chi connectivity index (χ2v) is 24.6. The molecule has 4 N–H and O–H groups in total. The zero-order chi connectivity index (χ0) is 66.5. The number of carboxylic acid groups (broad SMARTS) is 1. The Morgan fingerprint density at radius 3 is 1.22 bits per heavy atom. The van der Waals surface area contributed by atoms with Gasteiger partial charge in [0.05, 0.1) is 25.2 Å². The monoisotopic (exact) mass is 1340 g/mol. The SMILES string of the molecule is NS(=O)(=O)c1ccc(CN(CCSc2ccccc2)Cc2ccc(F)c([N+](=O)[O-])c2)cc1.O=C(NS(=O)(=O)c1ccc(CN(CCSc2ccccc2)Cc2ccc(F)c([N+](=O)[O-])c2)cc1)c1ccc(OC(F)(F)F)cc1.O=C(O)c1ccc(OC(F)(F)F)cc1. The summed E-state index contributed by atoms with van der Waals surface area (Å²) in [7, 11) is -8.10. The molecule has 0 aliphatic rings. The summed E-state index contributed by atoms with van der Waals surface area (Å²) in [5.74, 6) is -3.64. The number of nitro benzene ring substituents is 2. The van der Waals surface area contributed by atoms with Crippen molar-refractivity contribution in [2.45, 2.75) is 58.5 Å². The van der Waals surface area contributed by atoms with Gasteiger partial charge in [-0.1, -0.05) is 72.8 Å². The highest BCUT2D eigenvalue weighted by Crippen LogP contribution is 2.28. The molecule has 8 aromatic rings. The fourth-order valence-corrected chi connectivity index (χ4v) is 11.4. The molecule has 0 saturated carbocycles. The number of ether oxygens (including phenoxy) is 2. The molecule has 91 heavy (non-hydrogen) atoms. The van der Waals surface area contributed by atoms with E-state index in [9.17, 15) is 81.8 Å². The summed E-state index contributed by atoms with van der Waals surface area (Å²) in [6, 6.07) is 46.8. The van der Waals surface area contributed by atoms with Gasteiger partial charge in [-0.25, -0.2) is 31.5 Å². The van der Waals surface area contributed by atoms with Crippen LogP contribution in [0.2, 0.25) is 0 Å². The van der Waals surface area contributed by atoms with Crippen molar-refractivity contribution < 1.29 is 86.0 Å². The van der Waals surface area contributed by atoms with Gasteiger partial charge in [0.15, 0.2) is 0 Å². The van der Waals surface area contributed by atoms with Gasteiger partial charge in [0.1, 0.15) is 11.5 Å². The van der Waals surface area contributed by atoms with E-state index in [4.69, 9.17) is 10.2 Å². The number of rotatable bonds is 25. The van der Waals surface area contributed by atoms with Crippen LogP contribution in [0.5, 0.6) is 11.5 Å². The van der Waals surface area contributed by atoms with Gasteiger partial charge in [-0.05, 0) is 131 Å². The molecule has 0 aromatic heterocycles. The number of halogens is 8. The molecule has 8 aromatic carbocycles. The predicted molar refractivity (Wildman–Crippen MR) is 321 cm³/mol. The molecule has 0 spiro atoms. The highest BCUT2D eigenvalue weighted by molar-refractivity contribution is 7.99. The average Bonchev–Trinajstić information content (AvgIpc) is 1.86. The van der Waals surface area contributed by atoms with E-state index in [0.29, 0.717) is 55.2 Å². The van der Waals surface area contributed by atoms with Gasteiger partial charge >= 0.3 is 30.1 Å². The van der Waals surface area contributed by atoms with Crippen molar-refractivity contribution in [3.63, 3.8) is 0 Å². The van der Waals surface area contributed by atoms with Gasteiger partial charge in [0.2, 0.25) is 21.7 Å². The molecule has 1 amide bonds. The molecule has 0 fully saturated rings. The Morgan fingerprint density at radius 2 is 0.868 bits per heavy atom. The molecule has 0 aliphatic heterocycles. The Morgan fingerprint density at radius 1 is 0.516 bits per heavy atom. The van der Waals surface area contributed by atoms with E-state index < -0.39 is 89.0 Å². The van der Waals surface area contributed by atoms with Crippen LogP contribution in [-0.2, 0) is 46.2 Å². The van der Waals surface area contributed by atoms with Crippen molar-refractivity contribution in [3.8, 4) is 11.5 Å². The number of amides is 1. The standard InChI is InChI=1S/C30H25F4N3O6S2.C22H22FN3O4S2.C8H5F3O3/c31-27-15-8-22(18-28(27)37(39)40)20-36(16-17-44-25-4-2-1-3-5-25)19-21-6-13-26(14-7-21)45(41,42)35-29(38)23-9-11-24(12-10-23)43-30(32,33)34;23-21-11-8-18(14-22(21)26(27)28)16-25(12-13-31-19-4-2-1-3-5-19)15-17-6-9-20(10-7-17)32(24,29)30;9-8(10,11)14-6-3-1-5(2-4-6)7(12)13/h1-15,18H,16-17,19-20H2,(H,35,38);1-11,14H,12-13,15-16H2,(H2,24,29,30);1-4H,(H,12,13). The summed E-state index contributed by atoms with van der Waals surface area (Å²) in [5, 5.41) is 35.9. The number of nitrogens with two attached hydrogens (primary N) is 1. The van der Waals surface area contributed by atoms with E-state index in [2.05, 4.69) is 14.4 Å². The largest absolute Gasteiger partial charge is 0.573 e. The molecule has 0 atom stereocenters. The Kier molecular flexibility index (Phi) is 25.5. The van der Waals surface area contributed by atoms with Crippen LogP contribution in [0, 0.1) is 31.9 Å². The Labute approximate surface area is 523 Å². The Bertz CT molecular complexity index is 3980. The van der Waals surface area contributed by atoms with Crippen molar-refractivity contribution in [3.05, 3.63) is 259 Å². The van der Waals surface area contributed by atoms with E-state index in [0.717, 1.165) is 81.8 Å². The van der Waals surface area contributed by atoms with E-state index in [1.165, 1.54) is 48.5 Å². The Balaban J connectivity index is 0.000000247. The Hall–Kier alpha value is -8.98. The molecule has 0 saturated heterocycles. The van der Waals surface area contributed by atoms with Crippen molar-refractivity contribution in [1.29, 1.82) is 0 Å². The third kappa shape index (κ3) is 24.4. The lowest BCUT2D eigenvalue weighted by Crippen LogP contribution is -2.30. The zero-order valence-electron chi connectivity index (χ0n) is 47.0. The highest BCUT2D eigenvalue weighted by atomic mass is 32.2. The number of hydrogen-bond donors (Lipinski definition) is 3. The maximum Gasteiger partial charge on any atom is 0.573 e. The normalized spacial score (nSPS) is 11.6. The van der Waals surface area contributed by atoms with Gasteiger partial charge in [-0.15, -0.1) is 49.9 Å². The number of carbonyl (C=O) groups excluding carboxylic acids is 1. The van der Waals surface area contributed by atoms with Gasteiger partial charge in [0, 0.05) is 78.3 Å². The molecule has 0 bridgehead atoms. The summed E-state index contributed by atoms with van der Waals surface area (Å²) in [6.45, 7) is 2.60. The highest BCUT2D eigenvalue weighted by Gasteiger charge is 2.32. The lowest BCUT2D eigenvalue weighted by atomic mass is 10.1. The molecule has 0 heterocycles. The van der Waals surface area contributed by atoms with Crippen LogP contribution >= 0.6 is 23.5 Å². The third-order valence-electron chi connectivity index (χ3n) is 12.3. The summed E-state index contributed by atoms with van der Waals surface area (Å²) in [5.41, 5.74) is 1.21. The van der Waals surface area contributed by atoms with Crippen molar-refractivity contribution in [2.24, 2.45) is 5.14 Å².